The van der Waals surface area contributed by atoms with Crippen molar-refractivity contribution in [2.45, 2.75) is 51.4 Å². The number of para-hydroxylation sites is 1. The molecular weight excluding hydrogens is 388 g/mol. The maximum atomic E-state index is 4.19. The lowest BCUT2D eigenvalue weighted by atomic mass is 9.78. The van der Waals surface area contributed by atoms with E-state index in [0.717, 1.165) is 11.8 Å². The number of hydrogen-bond donors (Lipinski definition) is 0. The standard InChI is InChI=1S/C30H38N2/c1-22(2)24-13-11-23(12-14-24)21-32-17-15-25(16-18-32)26-8-6-9-27(19-26)30-20-28-7-4-5-10-29(28)31(30)3/h4-10,19-20,23-25H,1,11-18,21H2,2-3H3. The van der Waals surface area contributed by atoms with E-state index in [9.17, 15) is 0 Å². The molecule has 2 aliphatic rings. The number of piperidine rings is 1. The summed E-state index contributed by atoms with van der Waals surface area (Å²) in [5, 5.41) is 1.32. The molecule has 1 aromatic heterocycles. The number of benzene rings is 2. The van der Waals surface area contributed by atoms with Crippen molar-refractivity contribution in [1.82, 2.24) is 9.47 Å². The first-order valence-corrected chi connectivity index (χ1v) is 12.6. The number of fused-ring (bicyclic) bond motifs is 1. The van der Waals surface area contributed by atoms with Crippen LogP contribution in [0, 0.1) is 11.8 Å². The highest BCUT2D eigenvalue weighted by Gasteiger charge is 2.26. The van der Waals surface area contributed by atoms with Crippen LogP contribution in [-0.2, 0) is 7.05 Å². The molecule has 32 heavy (non-hydrogen) atoms. The number of likely N-dealkylation sites (tertiary alicyclic amines) is 1. The molecule has 0 bridgehead atoms. The van der Waals surface area contributed by atoms with E-state index in [1.165, 1.54) is 91.5 Å². The van der Waals surface area contributed by atoms with Crippen LogP contribution in [0.5, 0.6) is 0 Å². The molecule has 3 aromatic rings. The van der Waals surface area contributed by atoms with Gasteiger partial charge >= 0.3 is 0 Å². The summed E-state index contributed by atoms with van der Waals surface area (Å²) in [5.41, 5.74) is 6.89. The second kappa shape index (κ2) is 9.27. The van der Waals surface area contributed by atoms with Crippen LogP contribution < -0.4 is 0 Å². The van der Waals surface area contributed by atoms with E-state index in [2.05, 4.69) is 84.6 Å². The van der Waals surface area contributed by atoms with Gasteiger partial charge in [0.15, 0.2) is 0 Å². The van der Waals surface area contributed by atoms with Gasteiger partial charge in [0.05, 0.1) is 0 Å². The summed E-state index contributed by atoms with van der Waals surface area (Å²) in [6.07, 6.45) is 8.09. The summed E-state index contributed by atoms with van der Waals surface area (Å²) in [6, 6.07) is 20.3. The van der Waals surface area contributed by atoms with Crippen molar-refractivity contribution < 1.29 is 0 Å². The summed E-state index contributed by atoms with van der Waals surface area (Å²) in [7, 11) is 2.19. The molecule has 0 amide bonds. The van der Waals surface area contributed by atoms with Crippen LogP contribution in [0.1, 0.15) is 56.9 Å². The van der Waals surface area contributed by atoms with Gasteiger partial charge in [0.25, 0.3) is 0 Å². The van der Waals surface area contributed by atoms with Gasteiger partial charge in [0.2, 0.25) is 0 Å². The van der Waals surface area contributed by atoms with Crippen LogP contribution >= 0.6 is 0 Å². The molecular formula is C30H38N2. The normalized spacial score (nSPS) is 22.9. The fraction of sp³-hybridized carbons (Fsp3) is 0.467. The first-order chi connectivity index (χ1) is 15.6. The first kappa shape index (κ1) is 21.5. The molecule has 2 aromatic carbocycles. The highest BCUT2D eigenvalue weighted by Crippen LogP contribution is 2.36. The summed E-state index contributed by atoms with van der Waals surface area (Å²) in [4.78, 5) is 2.75. The molecule has 2 nitrogen and oxygen atoms in total. The number of aryl methyl sites for hydroxylation is 1. The van der Waals surface area contributed by atoms with E-state index in [4.69, 9.17) is 0 Å². The van der Waals surface area contributed by atoms with E-state index in [1.54, 1.807) is 0 Å². The van der Waals surface area contributed by atoms with Gasteiger partial charge < -0.3 is 9.47 Å². The van der Waals surface area contributed by atoms with Crippen LogP contribution in [-0.4, -0.2) is 29.1 Å². The third-order valence-electron chi connectivity index (χ3n) is 8.25. The molecule has 5 rings (SSSR count). The molecule has 0 N–H and O–H groups in total. The Morgan fingerprint density at radius 3 is 2.38 bits per heavy atom. The molecule has 1 aliphatic heterocycles. The van der Waals surface area contributed by atoms with Crippen LogP contribution in [0.4, 0.5) is 0 Å². The lowest BCUT2D eigenvalue weighted by molar-refractivity contribution is 0.156. The van der Waals surface area contributed by atoms with Crippen LogP contribution in [0.3, 0.4) is 0 Å². The lowest BCUT2D eigenvalue weighted by Gasteiger charge is -2.37. The minimum atomic E-state index is 0.694. The van der Waals surface area contributed by atoms with Crippen LogP contribution in [0.2, 0.25) is 0 Å². The molecule has 1 saturated heterocycles. The van der Waals surface area contributed by atoms with Gasteiger partial charge in [-0.3, -0.25) is 0 Å². The van der Waals surface area contributed by atoms with E-state index in [1.807, 2.05) is 0 Å². The fourth-order valence-corrected chi connectivity index (χ4v) is 6.17. The smallest absolute Gasteiger partial charge is 0.0488 e. The molecule has 2 fully saturated rings. The summed E-state index contributed by atoms with van der Waals surface area (Å²) in [5.74, 6) is 2.38. The van der Waals surface area contributed by atoms with E-state index in [-0.39, 0.29) is 0 Å². The van der Waals surface area contributed by atoms with Crippen LogP contribution in [0.25, 0.3) is 22.2 Å². The van der Waals surface area contributed by atoms with Gasteiger partial charge in [-0.15, -0.1) is 0 Å². The average Bonchev–Trinajstić information content (AvgIpc) is 3.17. The number of aromatic nitrogens is 1. The Bertz CT molecular complexity index is 1080. The predicted molar refractivity (Wildman–Crippen MR) is 137 cm³/mol. The van der Waals surface area contributed by atoms with Crippen molar-refractivity contribution in [1.29, 1.82) is 0 Å². The molecule has 1 saturated carbocycles. The molecule has 0 spiro atoms. The summed E-state index contributed by atoms with van der Waals surface area (Å²) in [6.45, 7) is 10.2. The van der Waals surface area contributed by atoms with E-state index >= 15 is 0 Å². The molecule has 0 atom stereocenters. The van der Waals surface area contributed by atoms with E-state index in [0.29, 0.717) is 5.92 Å². The third kappa shape index (κ3) is 4.43. The van der Waals surface area contributed by atoms with Crippen molar-refractivity contribution in [2.24, 2.45) is 18.9 Å². The first-order valence-electron chi connectivity index (χ1n) is 12.6. The van der Waals surface area contributed by atoms with Gasteiger partial charge in [0, 0.05) is 30.2 Å². The highest BCUT2D eigenvalue weighted by molar-refractivity contribution is 5.87. The van der Waals surface area contributed by atoms with Gasteiger partial charge in [0.1, 0.15) is 0 Å². The monoisotopic (exact) mass is 426 g/mol. The van der Waals surface area contributed by atoms with Gasteiger partial charge in [-0.05, 0) is 106 Å². The summed E-state index contributed by atoms with van der Waals surface area (Å²) < 4.78 is 2.33. The van der Waals surface area contributed by atoms with Crippen LogP contribution in [0.15, 0.2) is 66.7 Å². The zero-order valence-electron chi connectivity index (χ0n) is 19.9. The Kier molecular flexibility index (Phi) is 6.24. The largest absolute Gasteiger partial charge is 0.344 e. The zero-order chi connectivity index (χ0) is 22.1. The molecule has 0 radical (unpaired) electrons. The van der Waals surface area contributed by atoms with Crippen molar-refractivity contribution in [3.63, 3.8) is 0 Å². The molecule has 0 unspecified atom stereocenters. The second-order valence-corrected chi connectivity index (χ2v) is 10.4. The lowest BCUT2D eigenvalue weighted by Crippen LogP contribution is -2.37. The number of rotatable bonds is 5. The minimum Gasteiger partial charge on any atom is -0.344 e. The highest BCUT2D eigenvalue weighted by atomic mass is 15.1. The van der Waals surface area contributed by atoms with Gasteiger partial charge in [-0.2, -0.15) is 0 Å². The van der Waals surface area contributed by atoms with Crippen molar-refractivity contribution in [2.75, 3.05) is 19.6 Å². The van der Waals surface area contributed by atoms with Crippen molar-refractivity contribution >= 4 is 10.9 Å². The SMILES string of the molecule is C=C(C)C1CCC(CN2CCC(c3cccc(-c4cc5ccccc5n4C)c3)CC2)CC1. The third-order valence-corrected chi connectivity index (χ3v) is 8.25. The predicted octanol–water partition coefficient (Wildman–Crippen LogP) is 7.41. The fourth-order valence-electron chi connectivity index (χ4n) is 6.17. The maximum absolute atomic E-state index is 4.19. The Labute approximate surface area is 193 Å². The number of nitrogens with zero attached hydrogens (tertiary/aromatic N) is 2. The quantitative estimate of drug-likeness (QED) is 0.386. The molecule has 1 aliphatic carbocycles. The Hall–Kier alpha value is -2.32. The molecule has 2 heteroatoms. The van der Waals surface area contributed by atoms with Gasteiger partial charge in [-0.25, -0.2) is 0 Å². The number of hydrogen-bond acceptors (Lipinski definition) is 1. The maximum Gasteiger partial charge on any atom is 0.0488 e. The Morgan fingerprint density at radius 2 is 1.66 bits per heavy atom. The minimum absolute atomic E-state index is 0.694. The van der Waals surface area contributed by atoms with Crippen molar-refractivity contribution in [3.05, 3.63) is 72.3 Å². The van der Waals surface area contributed by atoms with Gasteiger partial charge in [-0.1, -0.05) is 48.6 Å². The topological polar surface area (TPSA) is 8.17 Å². The second-order valence-electron chi connectivity index (χ2n) is 10.4. The number of allylic oxidation sites excluding steroid dienone is 1. The zero-order valence-corrected chi connectivity index (χ0v) is 19.9. The molecule has 168 valence electrons. The van der Waals surface area contributed by atoms with Crippen molar-refractivity contribution in [3.8, 4) is 11.3 Å². The average molecular weight is 427 g/mol. The van der Waals surface area contributed by atoms with E-state index < -0.39 is 0 Å². The summed E-state index contributed by atoms with van der Waals surface area (Å²) >= 11 is 0. The molecule has 2 heterocycles. The Morgan fingerprint density at radius 1 is 0.906 bits per heavy atom. The Balaban J connectivity index is 1.21.